The summed E-state index contributed by atoms with van der Waals surface area (Å²) in [5.74, 6) is 0.931. The first-order valence-corrected chi connectivity index (χ1v) is 6.23. The van der Waals surface area contributed by atoms with E-state index in [1.54, 1.807) is 0 Å². The Bertz CT molecular complexity index is 434. The van der Waals surface area contributed by atoms with Crippen LogP contribution in [0, 0.1) is 11.8 Å². The first-order valence-electron chi connectivity index (χ1n) is 5.47. The second kappa shape index (κ2) is 4.60. The summed E-state index contributed by atoms with van der Waals surface area (Å²) in [7, 11) is 0. The van der Waals surface area contributed by atoms with Gasteiger partial charge in [0.25, 0.3) is 0 Å². The third-order valence-corrected chi connectivity index (χ3v) is 4.87. The van der Waals surface area contributed by atoms with Gasteiger partial charge in [-0.25, -0.2) is 0 Å². The number of benzene rings is 1. The molecule has 3 atom stereocenters. The van der Waals surface area contributed by atoms with Gasteiger partial charge in [-0.05, 0) is 36.1 Å². The molecule has 0 radical (unpaired) electrons. The van der Waals surface area contributed by atoms with Gasteiger partial charge in [0.15, 0.2) is 0 Å². The summed E-state index contributed by atoms with van der Waals surface area (Å²) in [4.78, 5) is 0. The number of halogens is 3. The van der Waals surface area contributed by atoms with Crippen molar-refractivity contribution in [1.29, 1.82) is 0 Å². The molecule has 1 heterocycles. The van der Waals surface area contributed by atoms with Gasteiger partial charge < -0.3 is 10.4 Å². The van der Waals surface area contributed by atoms with Crippen LogP contribution in [0.1, 0.15) is 5.56 Å². The van der Waals surface area contributed by atoms with E-state index < -0.39 is 0 Å². The van der Waals surface area contributed by atoms with Gasteiger partial charge in [-0.3, -0.25) is 0 Å². The smallest absolute Gasteiger partial charge is 0.0595 e. The number of rotatable bonds is 2. The molecule has 1 saturated heterocycles. The van der Waals surface area contributed by atoms with Crippen molar-refractivity contribution in [2.24, 2.45) is 11.8 Å². The molecule has 5 heteroatoms. The summed E-state index contributed by atoms with van der Waals surface area (Å²) >= 11 is 12.0. The highest BCUT2D eigenvalue weighted by atomic mass is 35.5. The van der Waals surface area contributed by atoms with Crippen molar-refractivity contribution in [1.82, 2.24) is 5.32 Å². The molecule has 0 bridgehead atoms. The van der Waals surface area contributed by atoms with Crippen molar-refractivity contribution in [2.75, 3.05) is 19.7 Å². The fourth-order valence-electron chi connectivity index (χ4n) is 3.23. The number of fused-ring (bicyclic) bond motifs is 1. The number of hydrogen-bond donors (Lipinski definition) is 2. The topological polar surface area (TPSA) is 32.3 Å². The molecular weight excluding hydrogens is 280 g/mol. The molecule has 2 aliphatic rings. The van der Waals surface area contributed by atoms with Gasteiger partial charge in [-0.1, -0.05) is 29.3 Å². The minimum atomic E-state index is 0. The average Bonchev–Trinajstić information content (AvgIpc) is 2.69. The fourth-order valence-corrected chi connectivity index (χ4v) is 3.53. The molecule has 0 unspecified atom stereocenters. The molecule has 2 nitrogen and oxygen atoms in total. The number of aliphatic hydroxyl groups is 1. The maximum Gasteiger partial charge on any atom is 0.0595 e. The monoisotopic (exact) mass is 293 g/mol. The molecule has 0 spiro atoms. The van der Waals surface area contributed by atoms with Gasteiger partial charge >= 0.3 is 0 Å². The van der Waals surface area contributed by atoms with Gasteiger partial charge in [0, 0.05) is 18.6 Å². The van der Waals surface area contributed by atoms with E-state index >= 15 is 0 Å². The Balaban J connectivity index is 0.00000108. The van der Waals surface area contributed by atoms with Crippen LogP contribution in [-0.2, 0) is 5.41 Å². The van der Waals surface area contributed by atoms with Crippen molar-refractivity contribution in [2.45, 2.75) is 5.41 Å². The SMILES string of the molecule is Cl.OC[C@@H]1[C@@H]2CNC[C@]12c1ccc(Cl)c(Cl)c1. The van der Waals surface area contributed by atoms with Gasteiger partial charge in [0.1, 0.15) is 0 Å². The van der Waals surface area contributed by atoms with Crippen LogP contribution in [0.3, 0.4) is 0 Å². The summed E-state index contributed by atoms with van der Waals surface area (Å²) in [5.41, 5.74) is 1.30. The second-order valence-electron chi connectivity index (χ2n) is 4.70. The molecule has 1 aliphatic carbocycles. The summed E-state index contributed by atoms with van der Waals surface area (Å²) < 4.78 is 0. The predicted octanol–water partition coefficient (Wildman–Crippen LogP) is 2.49. The van der Waals surface area contributed by atoms with Crippen LogP contribution in [0.2, 0.25) is 10.0 Å². The fraction of sp³-hybridized carbons (Fsp3) is 0.500. The normalized spacial score (nSPS) is 34.1. The molecule has 2 fully saturated rings. The minimum Gasteiger partial charge on any atom is -0.396 e. The number of nitrogens with one attached hydrogen (secondary N) is 1. The molecule has 1 saturated carbocycles. The molecule has 1 aromatic rings. The van der Waals surface area contributed by atoms with Crippen LogP contribution in [-0.4, -0.2) is 24.8 Å². The van der Waals surface area contributed by atoms with E-state index in [2.05, 4.69) is 5.32 Å². The van der Waals surface area contributed by atoms with Crippen LogP contribution in [0.5, 0.6) is 0 Å². The van der Waals surface area contributed by atoms with E-state index in [1.807, 2.05) is 18.2 Å². The minimum absolute atomic E-state index is 0. The zero-order valence-corrected chi connectivity index (χ0v) is 11.4. The highest BCUT2D eigenvalue weighted by molar-refractivity contribution is 6.42. The lowest BCUT2D eigenvalue weighted by atomic mass is 9.93. The average molecular weight is 295 g/mol. The van der Waals surface area contributed by atoms with Gasteiger partial charge in [-0.2, -0.15) is 0 Å². The Kier molecular flexibility index (Phi) is 3.64. The van der Waals surface area contributed by atoms with E-state index in [0.29, 0.717) is 21.9 Å². The van der Waals surface area contributed by atoms with Crippen molar-refractivity contribution in [3.8, 4) is 0 Å². The standard InChI is InChI=1S/C12H13Cl2NO.ClH/c13-10-2-1-7(3-11(10)14)12-6-15-4-8(12)9(12)5-16;/h1-3,8-9,15-16H,4-6H2;1H/t8-,9+,12+;/m0./s1. The van der Waals surface area contributed by atoms with Crippen LogP contribution >= 0.6 is 35.6 Å². The number of aliphatic hydroxyl groups excluding tert-OH is 1. The molecule has 1 aromatic carbocycles. The van der Waals surface area contributed by atoms with Gasteiger partial charge in [0.2, 0.25) is 0 Å². The van der Waals surface area contributed by atoms with Crippen molar-refractivity contribution in [3.05, 3.63) is 33.8 Å². The largest absolute Gasteiger partial charge is 0.396 e. The van der Waals surface area contributed by atoms with Gasteiger partial charge in [0.05, 0.1) is 10.0 Å². The Morgan fingerprint density at radius 1 is 1.35 bits per heavy atom. The van der Waals surface area contributed by atoms with Crippen molar-refractivity contribution >= 4 is 35.6 Å². The zero-order valence-electron chi connectivity index (χ0n) is 9.12. The molecule has 0 amide bonds. The highest BCUT2D eigenvalue weighted by Crippen LogP contribution is 2.61. The van der Waals surface area contributed by atoms with E-state index in [1.165, 1.54) is 5.56 Å². The van der Waals surface area contributed by atoms with Crippen molar-refractivity contribution < 1.29 is 5.11 Å². The Hall–Kier alpha value is 0.01000. The zero-order chi connectivity index (χ0) is 11.3. The quantitative estimate of drug-likeness (QED) is 0.878. The number of piperidine rings is 1. The number of hydrogen-bond acceptors (Lipinski definition) is 2. The maximum absolute atomic E-state index is 9.38. The molecular formula is C12H14Cl3NO. The Morgan fingerprint density at radius 2 is 2.12 bits per heavy atom. The van der Waals surface area contributed by atoms with Crippen LogP contribution in [0.15, 0.2) is 18.2 Å². The summed E-state index contributed by atoms with van der Waals surface area (Å²) in [6.45, 7) is 2.18. The second-order valence-corrected chi connectivity index (χ2v) is 5.51. The van der Waals surface area contributed by atoms with Crippen LogP contribution in [0.25, 0.3) is 0 Å². The van der Waals surface area contributed by atoms with E-state index in [0.717, 1.165) is 13.1 Å². The molecule has 17 heavy (non-hydrogen) atoms. The summed E-state index contributed by atoms with van der Waals surface area (Å²) in [6, 6.07) is 5.82. The molecule has 3 rings (SSSR count). The molecule has 0 aromatic heterocycles. The first kappa shape index (κ1) is 13.4. The van der Waals surface area contributed by atoms with E-state index in [-0.39, 0.29) is 24.4 Å². The lowest BCUT2D eigenvalue weighted by molar-refractivity contribution is 0.253. The van der Waals surface area contributed by atoms with E-state index in [4.69, 9.17) is 23.2 Å². The molecule has 2 N–H and O–H groups in total. The van der Waals surface area contributed by atoms with E-state index in [9.17, 15) is 5.11 Å². The lowest BCUT2D eigenvalue weighted by Crippen LogP contribution is -2.24. The Morgan fingerprint density at radius 3 is 2.71 bits per heavy atom. The maximum atomic E-state index is 9.38. The predicted molar refractivity (Wildman–Crippen MR) is 72.3 cm³/mol. The van der Waals surface area contributed by atoms with Gasteiger partial charge in [-0.15, -0.1) is 12.4 Å². The van der Waals surface area contributed by atoms with Crippen LogP contribution < -0.4 is 5.32 Å². The summed E-state index contributed by atoms with van der Waals surface area (Å²) in [6.07, 6.45) is 0. The summed E-state index contributed by atoms with van der Waals surface area (Å²) in [5, 5.41) is 13.9. The molecule has 94 valence electrons. The third kappa shape index (κ3) is 1.78. The Labute approximate surface area is 117 Å². The lowest BCUT2D eigenvalue weighted by Gasteiger charge is -2.15. The third-order valence-electron chi connectivity index (χ3n) is 4.14. The highest BCUT2D eigenvalue weighted by Gasteiger charge is 2.67. The van der Waals surface area contributed by atoms with Crippen molar-refractivity contribution in [3.63, 3.8) is 0 Å². The van der Waals surface area contributed by atoms with Crippen LogP contribution in [0.4, 0.5) is 0 Å². The first-order chi connectivity index (χ1) is 7.70. The molecule has 1 aliphatic heterocycles.